The Balaban J connectivity index is 1.58. The Labute approximate surface area is 198 Å². The number of hydrogen-bond acceptors (Lipinski definition) is 6. The fourth-order valence-corrected chi connectivity index (χ4v) is 4.81. The van der Waals surface area contributed by atoms with Crippen molar-refractivity contribution in [2.24, 2.45) is 0 Å². The Morgan fingerprint density at radius 3 is 2.27 bits per heavy atom. The highest BCUT2D eigenvalue weighted by molar-refractivity contribution is 7.99. The number of rotatable bonds is 10. The highest BCUT2D eigenvalue weighted by Gasteiger charge is 2.17. The molecule has 3 aromatic rings. The largest absolute Gasteiger partial charge is 0.497 e. The van der Waals surface area contributed by atoms with Crippen molar-refractivity contribution in [1.29, 1.82) is 0 Å². The molecule has 0 aromatic heterocycles. The number of carbonyl (C=O) groups is 1. The van der Waals surface area contributed by atoms with Gasteiger partial charge in [0.05, 0.1) is 30.6 Å². The molecule has 3 rings (SSSR count). The molecule has 0 heterocycles. The molecule has 0 atom stereocenters. The summed E-state index contributed by atoms with van der Waals surface area (Å²) in [5.74, 6) is 1.75. The van der Waals surface area contributed by atoms with Gasteiger partial charge in [-0.3, -0.25) is 9.52 Å². The summed E-state index contributed by atoms with van der Waals surface area (Å²) >= 11 is 1.51. The highest BCUT2D eigenvalue weighted by Crippen LogP contribution is 2.31. The van der Waals surface area contributed by atoms with Gasteiger partial charge in [-0.15, -0.1) is 11.8 Å². The molecule has 0 radical (unpaired) electrons. The average molecular weight is 487 g/mol. The van der Waals surface area contributed by atoms with Crippen LogP contribution in [0.5, 0.6) is 11.5 Å². The molecule has 0 unspecified atom stereocenters. The van der Waals surface area contributed by atoms with Crippen molar-refractivity contribution in [3.63, 3.8) is 0 Å². The Morgan fingerprint density at radius 2 is 1.64 bits per heavy atom. The van der Waals surface area contributed by atoms with Gasteiger partial charge in [-0.05, 0) is 48.9 Å². The van der Waals surface area contributed by atoms with Crippen molar-refractivity contribution in [1.82, 2.24) is 0 Å². The number of carbonyl (C=O) groups excluding carboxylic acids is 1. The normalized spacial score (nSPS) is 11.0. The molecule has 0 fully saturated rings. The maximum Gasteiger partial charge on any atom is 0.262 e. The molecule has 0 saturated carbocycles. The predicted octanol–water partition coefficient (Wildman–Crippen LogP) is 4.68. The molecule has 2 N–H and O–H groups in total. The van der Waals surface area contributed by atoms with Crippen LogP contribution in [0.25, 0.3) is 0 Å². The summed E-state index contributed by atoms with van der Waals surface area (Å²) in [6, 6.07) is 19.0. The Hall–Kier alpha value is -3.17. The minimum Gasteiger partial charge on any atom is -0.497 e. The molecule has 174 valence electrons. The van der Waals surface area contributed by atoms with Crippen molar-refractivity contribution < 1.29 is 22.7 Å². The van der Waals surface area contributed by atoms with Gasteiger partial charge in [-0.2, -0.15) is 0 Å². The number of amides is 1. The third-order valence-electron chi connectivity index (χ3n) is 4.72. The van der Waals surface area contributed by atoms with E-state index in [1.165, 1.54) is 43.7 Å². The number of anilines is 2. The van der Waals surface area contributed by atoms with E-state index in [-0.39, 0.29) is 16.5 Å². The van der Waals surface area contributed by atoms with Crippen LogP contribution in [-0.4, -0.2) is 34.3 Å². The van der Waals surface area contributed by atoms with Gasteiger partial charge in [-0.1, -0.05) is 29.8 Å². The molecular weight excluding hydrogens is 460 g/mol. The summed E-state index contributed by atoms with van der Waals surface area (Å²) in [4.78, 5) is 12.3. The lowest BCUT2D eigenvalue weighted by molar-refractivity contribution is -0.113. The zero-order valence-corrected chi connectivity index (χ0v) is 20.3. The monoisotopic (exact) mass is 486 g/mol. The van der Waals surface area contributed by atoms with Crippen LogP contribution in [0.1, 0.15) is 11.1 Å². The second-order valence-electron chi connectivity index (χ2n) is 7.22. The molecule has 0 spiro atoms. The lowest BCUT2D eigenvalue weighted by Gasteiger charge is -2.13. The van der Waals surface area contributed by atoms with Gasteiger partial charge in [0.2, 0.25) is 5.91 Å². The maximum atomic E-state index is 12.8. The molecule has 0 aliphatic rings. The molecule has 0 bridgehead atoms. The van der Waals surface area contributed by atoms with Crippen LogP contribution in [0.4, 0.5) is 11.4 Å². The van der Waals surface area contributed by atoms with Crippen molar-refractivity contribution in [2.75, 3.05) is 30.0 Å². The Morgan fingerprint density at radius 1 is 0.939 bits per heavy atom. The lowest BCUT2D eigenvalue weighted by atomic mass is 10.2. The summed E-state index contributed by atoms with van der Waals surface area (Å²) in [5, 5.41) is 2.79. The van der Waals surface area contributed by atoms with Crippen molar-refractivity contribution in [3.05, 3.63) is 77.9 Å². The van der Waals surface area contributed by atoms with Gasteiger partial charge in [0, 0.05) is 17.5 Å². The first-order valence-electron chi connectivity index (χ1n) is 10.1. The van der Waals surface area contributed by atoms with Crippen LogP contribution in [0, 0.1) is 6.92 Å². The summed E-state index contributed by atoms with van der Waals surface area (Å²) in [5.41, 5.74) is 3.14. The van der Waals surface area contributed by atoms with Gasteiger partial charge < -0.3 is 14.8 Å². The van der Waals surface area contributed by atoms with Gasteiger partial charge in [-0.25, -0.2) is 8.42 Å². The lowest BCUT2D eigenvalue weighted by Crippen LogP contribution is -2.15. The summed E-state index contributed by atoms with van der Waals surface area (Å²) < 4.78 is 38.5. The van der Waals surface area contributed by atoms with Crippen LogP contribution in [0.15, 0.2) is 71.6 Å². The summed E-state index contributed by atoms with van der Waals surface area (Å²) in [6.07, 6.45) is 0. The highest BCUT2D eigenvalue weighted by atomic mass is 32.2. The third kappa shape index (κ3) is 6.90. The SMILES string of the molecule is COc1ccc(OC)c(NS(=O)(=O)c2ccc(NC(=O)CSCc3ccc(C)cc3)cc2)c1. The fraction of sp³-hybridized carbons (Fsp3) is 0.208. The van der Waals surface area contributed by atoms with E-state index in [0.29, 0.717) is 22.9 Å². The molecule has 9 heteroatoms. The van der Waals surface area contributed by atoms with Crippen molar-refractivity contribution in [2.45, 2.75) is 17.6 Å². The number of thioether (sulfide) groups is 1. The van der Waals surface area contributed by atoms with Gasteiger partial charge in [0.1, 0.15) is 11.5 Å². The van der Waals surface area contributed by atoms with Crippen LogP contribution in [0.3, 0.4) is 0 Å². The molecule has 0 saturated heterocycles. The van der Waals surface area contributed by atoms with Crippen molar-refractivity contribution in [3.8, 4) is 11.5 Å². The molecule has 1 amide bonds. The number of methoxy groups -OCH3 is 2. The smallest absolute Gasteiger partial charge is 0.262 e. The first-order valence-corrected chi connectivity index (χ1v) is 12.7. The van der Waals surface area contributed by atoms with E-state index in [9.17, 15) is 13.2 Å². The number of sulfonamides is 1. The zero-order valence-electron chi connectivity index (χ0n) is 18.6. The maximum absolute atomic E-state index is 12.8. The van der Waals surface area contributed by atoms with E-state index in [1.807, 2.05) is 19.1 Å². The van der Waals surface area contributed by atoms with Gasteiger partial charge in [0.25, 0.3) is 10.0 Å². The molecule has 0 aliphatic carbocycles. The number of nitrogens with one attached hydrogen (secondary N) is 2. The van der Waals surface area contributed by atoms with Crippen LogP contribution >= 0.6 is 11.8 Å². The second kappa shape index (κ2) is 11.1. The van der Waals surface area contributed by atoms with E-state index < -0.39 is 10.0 Å². The van der Waals surface area contributed by atoms with Gasteiger partial charge >= 0.3 is 0 Å². The van der Waals surface area contributed by atoms with E-state index in [1.54, 1.807) is 30.3 Å². The number of aryl methyl sites for hydroxylation is 1. The topological polar surface area (TPSA) is 93.7 Å². The predicted molar refractivity (Wildman–Crippen MR) is 133 cm³/mol. The van der Waals surface area contributed by atoms with Crippen LogP contribution < -0.4 is 19.5 Å². The van der Waals surface area contributed by atoms with Gasteiger partial charge in [0.15, 0.2) is 0 Å². The van der Waals surface area contributed by atoms with Crippen LogP contribution in [0.2, 0.25) is 0 Å². The third-order valence-corrected chi connectivity index (χ3v) is 7.11. The number of ether oxygens (including phenoxy) is 2. The minimum absolute atomic E-state index is 0.0547. The molecular formula is C24H26N2O5S2. The number of benzene rings is 3. The Bertz CT molecular complexity index is 1190. The Kier molecular flexibility index (Phi) is 8.24. The average Bonchev–Trinajstić information content (AvgIpc) is 2.80. The summed E-state index contributed by atoms with van der Waals surface area (Å²) in [6.45, 7) is 2.03. The van der Waals surface area contributed by atoms with E-state index in [0.717, 1.165) is 11.3 Å². The van der Waals surface area contributed by atoms with Crippen molar-refractivity contribution >= 4 is 39.1 Å². The van der Waals surface area contributed by atoms with E-state index in [2.05, 4.69) is 22.2 Å². The van der Waals surface area contributed by atoms with E-state index in [4.69, 9.17) is 9.47 Å². The molecule has 3 aromatic carbocycles. The van der Waals surface area contributed by atoms with E-state index >= 15 is 0 Å². The first kappa shape index (κ1) is 24.5. The first-order chi connectivity index (χ1) is 15.8. The standard InChI is InChI=1S/C24H26N2O5S2/c1-17-4-6-18(7-5-17)15-32-16-24(27)25-19-8-11-21(12-9-19)33(28,29)26-22-14-20(30-2)10-13-23(22)31-3/h4-14,26H,15-16H2,1-3H3,(H,25,27). The fourth-order valence-electron chi connectivity index (χ4n) is 2.96. The molecule has 33 heavy (non-hydrogen) atoms. The quantitative estimate of drug-likeness (QED) is 0.432. The van der Waals surface area contributed by atoms with Crippen LogP contribution in [-0.2, 0) is 20.6 Å². The second-order valence-corrected chi connectivity index (χ2v) is 9.89. The summed E-state index contributed by atoms with van der Waals surface area (Å²) in [7, 11) is -0.918. The minimum atomic E-state index is -3.87. The zero-order chi connectivity index (χ0) is 23.8. The molecule has 0 aliphatic heterocycles. The molecule has 7 nitrogen and oxygen atoms in total. The number of hydrogen-bond donors (Lipinski definition) is 2.